The lowest BCUT2D eigenvalue weighted by atomic mass is 10.1. The summed E-state index contributed by atoms with van der Waals surface area (Å²) in [6.45, 7) is 5.64. The smallest absolute Gasteiger partial charge is 0.270 e. The summed E-state index contributed by atoms with van der Waals surface area (Å²) >= 11 is 0. The van der Waals surface area contributed by atoms with Crippen LogP contribution in [0.5, 0.6) is 0 Å². The Labute approximate surface area is 189 Å². The molecule has 0 saturated heterocycles. The van der Waals surface area contributed by atoms with Crippen LogP contribution < -0.4 is 0 Å². The van der Waals surface area contributed by atoms with Crippen molar-refractivity contribution in [2.24, 2.45) is 0 Å². The maximum absolute atomic E-state index is 12.5. The van der Waals surface area contributed by atoms with E-state index in [1.54, 1.807) is 0 Å². The number of benzene rings is 2. The number of amides is 2. The number of hydrogen-bond donors (Lipinski definition) is 0. The number of aryl methyl sites for hydroxylation is 1. The van der Waals surface area contributed by atoms with Crippen LogP contribution in [-0.2, 0) is 6.42 Å². The zero-order valence-electron chi connectivity index (χ0n) is 18.7. The highest BCUT2D eigenvalue weighted by molar-refractivity contribution is 6.21. The third-order valence-electron chi connectivity index (χ3n) is 6.00. The molecule has 0 N–H and O–H groups in total. The highest BCUT2D eigenvalue weighted by Gasteiger charge is 2.36. The Hall–Kier alpha value is -3.06. The second-order valence-electron chi connectivity index (χ2n) is 8.19. The Bertz CT molecular complexity index is 945. The first-order valence-corrected chi connectivity index (χ1v) is 11.4. The molecule has 1 aliphatic heterocycles. The molecule has 7 heteroatoms. The molecule has 2 aromatic carbocycles. The van der Waals surface area contributed by atoms with Gasteiger partial charge in [0.2, 0.25) is 0 Å². The molecule has 2 amide bonds. The largest absolute Gasteiger partial charge is 0.304 e. The summed E-state index contributed by atoms with van der Waals surface area (Å²) in [5, 5.41) is 10.9. The van der Waals surface area contributed by atoms with E-state index >= 15 is 0 Å². The van der Waals surface area contributed by atoms with Gasteiger partial charge in [-0.1, -0.05) is 43.7 Å². The maximum Gasteiger partial charge on any atom is 0.270 e. The molecule has 2 aromatic rings. The molecule has 0 bridgehead atoms. The molecule has 0 unspecified atom stereocenters. The number of nitro groups is 1. The SMILES string of the molecule is CCN(CCCCCN1C(=O)c2ccc([N+](=O)[O-])cc2C1=O)CCCCc1ccccc1. The van der Waals surface area contributed by atoms with Crippen LogP contribution >= 0.6 is 0 Å². The molecule has 0 radical (unpaired) electrons. The van der Waals surface area contributed by atoms with E-state index in [-0.39, 0.29) is 22.7 Å². The zero-order chi connectivity index (χ0) is 22.9. The highest BCUT2D eigenvalue weighted by Crippen LogP contribution is 2.27. The van der Waals surface area contributed by atoms with Crippen molar-refractivity contribution in [1.82, 2.24) is 9.80 Å². The summed E-state index contributed by atoms with van der Waals surface area (Å²) in [5.74, 6) is -0.782. The maximum atomic E-state index is 12.5. The molecule has 0 fully saturated rings. The molecule has 0 atom stereocenters. The van der Waals surface area contributed by atoms with Crippen LogP contribution in [0, 0.1) is 10.1 Å². The van der Waals surface area contributed by atoms with Gasteiger partial charge in [0.1, 0.15) is 0 Å². The second kappa shape index (κ2) is 11.5. The summed E-state index contributed by atoms with van der Waals surface area (Å²) in [5.41, 5.74) is 1.61. The molecule has 1 heterocycles. The molecule has 0 aromatic heterocycles. The van der Waals surface area contributed by atoms with Gasteiger partial charge in [0.25, 0.3) is 17.5 Å². The first-order chi connectivity index (χ1) is 15.5. The van der Waals surface area contributed by atoms with Crippen LogP contribution in [0.3, 0.4) is 0 Å². The first-order valence-electron chi connectivity index (χ1n) is 11.4. The fourth-order valence-corrected chi connectivity index (χ4v) is 4.11. The number of unbranched alkanes of at least 4 members (excludes halogenated alkanes) is 3. The van der Waals surface area contributed by atoms with Gasteiger partial charge in [-0.15, -0.1) is 0 Å². The molecule has 0 spiro atoms. The number of nitrogens with zero attached hydrogens (tertiary/aromatic N) is 3. The minimum Gasteiger partial charge on any atom is -0.304 e. The van der Waals surface area contributed by atoms with Crippen LogP contribution in [0.25, 0.3) is 0 Å². The normalized spacial score (nSPS) is 13.1. The summed E-state index contributed by atoms with van der Waals surface area (Å²) < 4.78 is 0. The average Bonchev–Trinajstić information content (AvgIpc) is 3.05. The molecular formula is C25H31N3O4. The van der Waals surface area contributed by atoms with E-state index in [9.17, 15) is 19.7 Å². The van der Waals surface area contributed by atoms with E-state index in [4.69, 9.17) is 0 Å². The van der Waals surface area contributed by atoms with Gasteiger partial charge in [0, 0.05) is 18.7 Å². The van der Waals surface area contributed by atoms with E-state index in [1.807, 2.05) is 6.07 Å². The Balaban J connectivity index is 1.35. The predicted octanol–water partition coefficient (Wildman–Crippen LogP) is 4.71. The number of imide groups is 1. The lowest BCUT2D eigenvalue weighted by molar-refractivity contribution is -0.384. The van der Waals surface area contributed by atoms with E-state index in [1.165, 1.54) is 41.5 Å². The van der Waals surface area contributed by atoms with Crippen LogP contribution in [0.1, 0.15) is 65.3 Å². The van der Waals surface area contributed by atoms with Crippen molar-refractivity contribution in [2.45, 2.75) is 45.4 Å². The Morgan fingerprint density at radius 2 is 1.56 bits per heavy atom. The molecule has 170 valence electrons. The summed E-state index contributed by atoms with van der Waals surface area (Å²) in [4.78, 5) is 39.1. The number of non-ortho nitro benzene ring substituents is 1. The van der Waals surface area contributed by atoms with Gasteiger partial charge < -0.3 is 4.90 Å². The third kappa shape index (κ3) is 6.01. The molecular weight excluding hydrogens is 406 g/mol. The van der Waals surface area contributed by atoms with Gasteiger partial charge in [-0.05, 0) is 63.4 Å². The summed E-state index contributed by atoms with van der Waals surface area (Å²) in [7, 11) is 0. The number of carbonyl (C=O) groups is 2. The topological polar surface area (TPSA) is 83.8 Å². The first kappa shape index (κ1) is 23.6. The van der Waals surface area contributed by atoms with Crippen molar-refractivity contribution < 1.29 is 14.5 Å². The summed E-state index contributed by atoms with van der Waals surface area (Å²) in [6.07, 6.45) is 6.14. The van der Waals surface area contributed by atoms with Crippen molar-refractivity contribution in [3.63, 3.8) is 0 Å². The van der Waals surface area contributed by atoms with E-state index in [0.717, 1.165) is 45.3 Å². The molecule has 7 nitrogen and oxygen atoms in total. The number of rotatable bonds is 13. The minimum absolute atomic E-state index is 0.136. The van der Waals surface area contributed by atoms with Gasteiger partial charge in [-0.3, -0.25) is 24.6 Å². The number of nitro benzene ring substituents is 1. The van der Waals surface area contributed by atoms with Gasteiger partial charge in [-0.2, -0.15) is 0 Å². The highest BCUT2D eigenvalue weighted by atomic mass is 16.6. The monoisotopic (exact) mass is 437 g/mol. The van der Waals surface area contributed by atoms with Crippen LogP contribution in [-0.4, -0.2) is 52.7 Å². The number of hydrogen-bond acceptors (Lipinski definition) is 5. The average molecular weight is 438 g/mol. The molecule has 0 aliphatic carbocycles. The van der Waals surface area contributed by atoms with E-state index in [2.05, 4.69) is 36.1 Å². The van der Waals surface area contributed by atoms with Crippen molar-refractivity contribution in [1.29, 1.82) is 0 Å². The van der Waals surface area contributed by atoms with Crippen molar-refractivity contribution in [3.8, 4) is 0 Å². The third-order valence-corrected chi connectivity index (χ3v) is 6.00. The number of fused-ring (bicyclic) bond motifs is 1. The van der Waals surface area contributed by atoms with Crippen LogP contribution in [0.15, 0.2) is 48.5 Å². The standard InChI is InChI=1S/C25H31N3O4/c1-2-26(17-10-7-13-20-11-5-3-6-12-20)16-8-4-9-18-27-24(29)22-15-14-21(28(31)32)19-23(22)25(27)30/h3,5-6,11-12,14-15,19H,2,4,7-10,13,16-18H2,1H3. The van der Waals surface area contributed by atoms with E-state index in [0.29, 0.717) is 6.54 Å². The molecule has 32 heavy (non-hydrogen) atoms. The Kier molecular flexibility index (Phi) is 8.50. The van der Waals surface area contributed by atoms with Crippen molar-refractivity contribution in [3.05, 3.63) is 75.3 Å². The Morgan fingerprint density at radius 3 is 2.25 bits per heavy atom. The Morgan fingerprint density at radius 1 is 0.875 bits per heavy atom. The lowest BCUT2D eigenvalue weighted by Crippen LogP contribution is -2.31. The van der Waals surface area contributed by atoms with E-state index < -0.39 is 10.8 Å². The van der Waals surface area contributed by atoms with Crippen LogP contribution in [0.4, 0.5) is 5.69 Å². The van der Waals surface area contributed by atoms with Crippen molar-refractivity contribution in [2.75, 3.05) is 26.2 Å². The minimum atomic E-state index is -0.554. The quantitative estimate of drug-likeness (QED) is 0.196. The van der Waals surface area contributed by atoms with Crippen molar-refractivity contribution >= 4 is 17.5 Å². The predicted molar refractivity (Wildman–Crippen MR) is 124 cm³/mol. The molecule has 0 saturated carbocycles. The lowest BCUT2D eigenvalue weighted by Gasteiger charge is -2.20. The van der Waals surface area contributed by atoms with Crippen LogP contribution in [0.2, 0.25) is 0 Å². The molecule has 1 aliphatic rings. The zero-order valence-corrected chi connectivity index (χ0v) is 18.7. The van der Waals surface area contributed by atoms with Gasteiger partial charge in [0.05, 0.1) is 16.1 Å². The number of carbonyl (C=O) groups excluding carboxylic acids is 2. The fourth-order valence-electron chi connectivity index (χ4n) is 4.11. The summed E-state index contributed by atoms with van der Waals surface area (Å²) in [6, 6.07) is 14.4. The molecule has 3 rings (SSSR count). The van der Waals surface area contributed by atoms with Gasteiger partial charge in [-0.25, -0.2) is 0 Å². The fraction of sp³-hybridized carbons (Fsp3) is 0.440. The van der Waals surface area contributed by atoms with Gasteiger partial charge in [0.15, 0.2) is 0 Å². The second-order valence-corrected chi connectivity index (χ2v) is 8.19. The van der Waals surface area contributed by atoms with Gasteiger partial charge >= 0.3 is 0 Å².